The summed E-state index contributed by atoms with van der Waals surface area (Å²) < 4.78 is 10.6. The van der Waals surface area contributed by atoms with Crippen molar-refractivity contribution < 1.29 is 14.3 Å². The lowest BCUT2D eigenvalue weighted by Gasteiger charge is -2.20. The van der Waals surface area contributed by atoms with Gasteiger partial charge >= 0.3 is 0 Å². The van der Waals surface area contributed by atoms with Gasteiger partial charge in [0.1, 0.15) is 11.9 Å². The third-order valence-electron chi connectivity index (χ3n) is 2.92. The average Bonchev–Trinajstić information content (AvgIpc) is 2.36. The molecule has 1 heterocycles. The Hall–Kier alpha value is -1.35. The van der Waals surface area contributed by atoms with E-state index in [9.17, 15) is 4.79 Å². The number of rotatable bonds is 3. The van der Waals surface area contributed by atoms with Crippen molar-refractivity contribution in [1.29, 1.82) is 0 Å². The summed E-state index contributed by atoms with van der Waals surface area (Å²) >= 11 is 0. The van der Waals surface area contributed by atoms with Crippen molar-refractivity contribution >= 4 is 5.78 Å². The molecule has 0 radical (unpaired) electrons. The molecular formula is C13H16O3. The van der Waals surface area contributed by atoms with Crippen LogP contribution in [0.4, 0.5) is 0 Å². The monoisotopic (exact) mass is 220 g/mol. The number of ether oxygens (including phenoxy) is 2. The first kappa shape index (κ1) is 11.1. The van der Waals surface area contributed by atoms with Crippen LogP contribution in [0.3, 0.4) is 0 Å². The summed E-state index contributed by atoms with van der Waals surface area (Å²) in [4.78, 5) is 12.0. The van der Waals surface area contributed by atoms with Gasteiger partial charge in [0, 0.05) is 7.11 Å². The minimum atomic E-state index is -0.419. The molecule has 0 spiro atoms. The summed E-state index contributed by atoms with van der Waals surface area (Å²) in [6.07, 6.45) is 1.58. The molecule has 1 aliphatic heterocycles. The molecule has 1 aromatic carbocycles. The molecule has 0 fully saturated rings. The largest absolute Gasteiger partial charge is 0.493 e. The van der Waals surface area contributed by atoms with Gasteiger partial charge in [0.25, 0.3) is 0 Å². The number of methoxy groups -OCH3 is 1. The van der Waals surface area contributed by atoms with Gasteiger partial charge in [0.2, 0.25) is 0 Å². The number of carbonyl (C=O) groups excluding carboxylic acids is 1. The number of ketones is 1. The van der Waals surface area contributed by atoms with Crippen molar-refractivity contribution in [2.75, 3.05) is 13.7 Å². The SMILES string of the molecule is COC(C)C(=O)c1cccc2c1OCCC2. The summed E-state index contributed by atoms with van der Waals surface area (Å²) in [6, 6.07) is 5.73. The lowest BCUT2D eigenvalue weighted by atomic mass is 9.98. The van der Waals surface area contributed by atoms with E-state index in [1.165, 1.54) is 0 Å². The number of para-hydroxylation sites is 1. The van der Waals surface area contributed by atoms with Crippen molar-refractivity contribution in [2.45, 2.75) is 25.9 Å². The van der Waals surface area contributed by atoms with E-state index in [-0.39, 0.29) is 5.78 Å². The third-order valence-corrected chi connectivity index (χ3v) is 2.92. The number of hydrogen-bond donors (Lipinski definition) is 0. The topological polar surface area (TPSA) is 35.5 Å². The highest BCUT2D eigenvalue weighted by atomic mass is 16.5. The van der Waals surface area contributed by atoms with E-state index in [1.807, 2.05) is 18.2 Å². The molecule has 0 N–H and O–H groups in total. The highest BCUT2D eigenvalue weighted by Gasteiger charge is 2.22. The van der Waals surface area contributed by atoms with Crippen LogP contribution in [0.15, 0.2) is 18.2 Å². The molecule has 0 saturated carbocycles. The van der Waals surface area contributed by atoms with Gasteiger partial charge < -0.3 is 9.47 Å². The third kappa shape index (κ3) is 1.95. The first-order valence-electron chi connectivity index (χ1n) is 5.55. The zero-order valence-corrected chi connectivity index (χ0v) is 9.66. The van der Waals surface area contributed by atoms with E-state index in [2.05, 4.69) is 0 Å². The molecule has 0 aromatic heterocycles. The second-order valence-corrected chi connectivity index (χ2v) is 3.99. The van der Waals surface area contributed by atoms with Gasteiger partial charge in [-0.1, -0.05) is 12.1 Å². The standard InChI is InChI=1S/C13H16O3/c1-9(15-2)12(14)11-7-3-5-10-6-4-8-16-13(10)11/h3,5,7,9H,4,6,8H2,1-2H3. The Balaban J connectivity index is 2.37. The second kappa shape index (κ2) is 4.66. The lowest BCUT2D eigenvalue weighted by Crippen LogP contribution is -2.21. The summed E-state index contributed by atoms with van der Waals surface area (Å²) in [5, 5.41) is 0. The van der Waals surface area contributed by atoms with Gasteiger partial charge in [-0.15, -0.1) is 0 Å². The van der Waals surface area contributed by atoms with Crippen LogP contribution in [-0.4, -0.2) is 25.6 Å². The molecule has 86 valence electrons. The van der Waals surface area contributed by atoms with Crippen molar-refractivity contribution in [3.05, 3.63) is 29.3 Å². The number of hydrogen-bond acceptors (Lipinski definition) is 3. The normalized spacial score (nSPS) is 16.1. The predicted octanol–water partition coefficient (Wildman–Crippen LogP) is 2.23. The molecule has 3 nitrogen and oxygen atoms in total. The summed E-state index contributed by atoms with van der Waals surface area (Å²) in [5.41, 5.74) is 1.77. The van der Waals surface area contributed by atoms with Crippen LogP contribution < -0.4 is 4.74 Å². The number of carbonyl (C=O) groups is 1. The van der Waals surface area contributed by atoms with Crippen LogP contribution in [0.25, 0.3) is 0 Å². The molecule has 0 saturated heterocycles. The Kier molecular flexibility index (Phi) is 3.25. The molecule has 2 rings (SSSR count). The number of aryl methyl sites for hydroxylation is 1. The van der Waals surface area contributed by atoms with Crippen molar-refractivity contribution in [3.63, 3.8) is 0 Å². The Morgan fingerprint density at radius 2 is 2.31 bits per heavy atom. The van der Waals surface area contributed by atoms with Gasteiger partial charge in [-0.25, -0.2) is 0 Å². The molecule has 3 heteroatoms. The smallest absolute Gasteiger partial charge is 0.194 e. The lowest BCUT2D eigenvalue weighted by molar-refractivity contribution is 0.0651. The van der Waals surface area contributed by atoms with Crippen LogP contribution in [-0.2, 0) is 11.2 Å². The van der Waals surface area contributed by atoms with Crippen LogP contribution in [0.2, 0.25) is 0 Å². The number of fused-ring (bicyclic) bond motifs is 1. The minimum Gasteiger partial charge on any atom is -0.493 e. The quantitative estimate of drug-likeness (QED) is 0.733. The average molecular weight is 220 g/mol. The van der Waals surface area contributed by atoms with Crippen LogP contribution in [0.5, 0.6) is 5.75 Å². The fourth-order valence-corrected chi connectivity index (χ4v) is 1.91. The molecule has 1 aromatic rings. The maximum atomic E-state index is 12.0. The fraction of sp³-hybridized carbons (Fsp3) is 0.462. The van der Waals surface area contributed by atoms with Crippen molar-refractivity contribution in [1.82, 2.24) is 0 Å². The summed E-state index contributed by atoms with van der Waals surface area (Å²) in [5.74, 6) is 0.740. The molecule has 1 atom stereocenters. The van der Waals surface area contributed by atoms with Crippen LogP contribution in [0.1, 0.15) is 29.3 Å². The molecule has 1 unspecified atom stereocenters. The molecule has 0 amide bonds. The van der Waals surface area contributed by atoms with Gasteiger partial charge in [0.05, 0.1) is 12.2 Å². The predicted molar refractivity (Wildman–Crippen MR) is 61.1 cm³/mol. The Morgan fingerprint density at radius 1 is 1.50 bits per heavy atom. The highest BCUT2D eigenvalue weighted by Crippen LogP contribution is 2.29. The zero-order valence-electron chi connectivity index (χ0n) is 9.66. The maximum Gasteiger partial charge on any atom is 0.194 e. The Labute approximate surface area is 95.4 Å². The highest BCUT2D eigenvalue weighted by molar-refractivity contribution is 6.02. The minimum absolute atomic E-state index is 0.0127. The second-order valence-electron chi connectivity index (χ2n) is 3.99. The maximum absolute atomic E-state index is 12.0. The molecule has 16 heavy (non-hydrogen) atoms. The van der Waals surface area contributed by atoms with Gasteiger partial charge in [-0.3, -0.25) is 4.79 Å². The summed E-state index contributed by atoms with van der Waals surface area (Å²) in [7, 11) is 1.54. The zero-order chi connectivity index (χ0) is 11.5. The van der Waals surface area contributed by atoms with Gasteiger partial charge in [0.15, 0.2) is 5.78 Å². The van der Waals surface area contributed by atoms with E-state index in [0.717, 1.165) is 24.2 Å². The van der Waals surface area contributed by atoms with Gasteiger partial charge in [-0.2, -0.15) is 0 Å². The van der Waals surface area contributed by atoms with Crippen LogP contribution >= 0.6 is 0 Å². The molecular weight excluding hydrogens is 204 g/mol. The first-order chi connectivity index (χ1) is 7.74. The fourth-order valence-electron chi connectivity index (χ4n) is 1.91. The van der Waals surface area contributed by atoms with Gasteiger partial charge in [-0.05, 0) is 31.4 Å². The van der Waals surface area contributed by atoms with Crippen LogP contribution in [0, 0.1) is 0 Å². The first-order valence-corrected chi connectivity index (χ1v) is 5.55. The van der Waals surface area contributed by atoms with E-state index < -0.39 is 6.10 Å². The van der Waals surface area contributed by atoms with E-state index in [0.29, 0.717) is 12.2 Å². The molecule has 1 aliphatic rings. The number of benzene rings is 1. The van der Waals surface area contributed by atoms with Crippen molar-refractivity contribution in [2.24, 2.45) is 0 Å². The van der Waals surface area contributed by atoms with Crippen molar-refractivity contribution in [3.8, 4) is 5.75 Å². The Bertz CT molecular complexity index is 398. The summed E-state index contributed by atoms with van der Waals surface area (Å²) in [6.45, 7) is 2.45. The van der Waals surface area contributed by atoms with E-state index >= 15 is 0 Å². The molecule has 0 aliphatic carbocycles. The number of Topliss-reactive ketones (excluding diaryl/α,β-unsaturated/α-hetero) is 1. The Morgan fingerprint density at radius 3 is 3.06 bits per heavy atom. The molecule has 0 bridgehead atoms. The van der Waals surface area contributed by atoms with E-state index in [1.54, 1.807) is 14.0 Å². The van der Waals surface area contributed by atoms with E-state index in [4.69, 9.17) is 9.47 Å².